The van der Waals surface area contributed by atoms with E-state index in [1.165, 1.54) is 39.2 Å². The van der Waals surface area contributed by atoms with Gasteiger partial charge in [-0.3, -0.25) is 4.98 Å². The fraction of sp³-hybridized carbons (Fsp3) is 0.423. The number of nitrogens with one attached hydrogen (secondary N) is 1. The Morgan fingerprint density at radius 2 is 1.94 bits per heavy atom. The van der Waals surface area contributed by atoms with Gasteiger partial charge in [-0.2, -0.15) is 0 Å². The predicted molar refractivity (Wildman–Crippen MR) is 127 cm³/mol. The maximum atomic E-state index is 10.1. The number of halogens is 1. The molecule has 1 heterocycles. The number of benzene rings is 2. The third-order valence-electron chi connectivity index (χ3n) is 7.76. The fourth-order valence-corrected chi connectivity index (χ4v) is 7.23. The van der Waals surface area contributed by atoms with Crippen LogP contribution in [0, 0.1) is 17.9 Å². The Kier molecular flexibility index (Phi) is 4.40. The van der Waals surface area contributed by atoms with Gasteiger partial charge in [0, 0.05) is 28.7 Å². The SMILES string of the molecule is COc1cc(-c2ccc3nc[c]c(NC45CC6CC(CC(N)(C6)C4)C5)c3c2)cc(Cl)c1O. The van der Waals surface area contributed by atoms with Gasteiger partial charge in [0.25, 0.3) is 0 Å². The van der Waals surface area contributed by atoms with Gasteiger partial charge in [-0.15, -0.1) is 0 Å². The lowest BCUT2D eigenvalue weighted by Gasteiger charge is -2.61. The zero-order chi connectivity index (χ0) is 22.1. The summed E-state index contributed by atoms with van der Waals surface area (Å²) in [4.78, 5) is 4.54. The number of phenols is 1. The Morgan fingerprint density at radius 3 is 2.66 bits per heavy atom. The van der Waals surface area contributed by atoms with Crippen molar-refractivity contribution in [3.63, 3.8) is 0 Å². The molecule has 3 aromatic rings. The first-order valence-corrected chi connectivity index (χ1v) is 11.7. The Bertz CT molecular complexity index is 1210. The highest BCUT2D eigenvalue weighted by molar-refractivity contribution is 6.32. The normalized spacial score (nSPS) is 30.6. The molecule has 1 radical (unpaired) electrons. The van der Waals surface area contributed by atoms with Crippen molar-refractivity contribution in [1.82, 2.24) is 4.98 Å². The molecule has 4 saturated carbocycles. The van der Waals surface area contributed by atoms with Crippen LogP contribution in [0.5, 0.6) is 11.5 Å². The molecule has 7 rings (SSSR count). The van der Waals surface area contributed by atoms with E-state index in [1.807, 2.05) is 12.1 Å². The predicted octanol–water partition coefficient (Wildman–Crippen LogP) is 5.53. The second kappa shape index (κ2) is 7.00. The lowest BCUT2D eigenvalue weighted by molar-refractivity contribution is -0.00771. The maximum Gasteiger partial charge on any atom is 0.176 e. The van der Waals surface area contributed by atoms with Crippen LogP contribution in [0.2, 0.25) is 5.02 Å². The summed E-state index contributed by atoms with van der Waals surface area (Å²) in [6.45, 7) is 0. The lowest BCUT2D eigenvalue weighted by Crippen LogP contribution is -2.65. The molecule has 4 N–H and O–H groups in total. The molecule has 5 nitrogen and oxygen atoms in total. The van der Waals surface area contributed by atoms with Crippen molar-refractivity contribution in [1.29, 1.82) is 0 Å². The summed E-state index contributed by atoms with van der Waals surface area (Å²) in [6, 6.07) is 13.1. The number of pyridine rings is 1. The van der Waals surface area contributed by atoms with E-state index in [2.05, 4.69) is 22.4 Å². The van der Waals surface area contributed by atoms with Crippen molar-refractivity contribution < 1.29 is 9.84 Å². The van der Waals surface area contributed by atoms with Crippen molar-refractivity contribution in [2.45, 2.75) is 49.6 Å². The summed E-state index contributed by atoms with van der Waals surface area (Å²) in [7, 11) is 1.52. The van der Waals surface area contributed by atoms with Gasteiger partial charge in [0.05, 0.1) is 23.3 Å². The summed E-state index contributed by atoms with van der Waals surface area (Å²) >= 11 is 6.24. The second-order valence-corrected chi connectivity index (χ2v) is 10.7. The smallest absolute Gasteiger partial charge is 0.176 e. The lowest BCUT2D eigenvalue weighted by atomic mass is 9.50. The number of nitrogens with two attached hydrogens (primary N) is 1. The molecule has 0 saturated heterocycles. The highest BCUT2D eigenvalue weighted by Gasteiger charge is 2.56. The van der Waals surface area contributed by atoms with Gasteiger partial charge in [-0.25, -0.2) is 0 Å². The molecule has 6 heteroatoms. The molecule has 2 unspecified atom stereocenters. The third-order valence-corrected chi connectivity index (χ3v) is 8.04. The van der Waals surface area contributed by atoms with E-state index in [-0.39, 0.29) is 21.8 Å². The van der Waals surface area contributed by atoms with E-state index in [9.17, 15) is 5.11 Å². The highest BCUT2D eigenvalue weighted by atomic mass is 35.5. The Labute approximate surface area is 192 Å². The van der Waals surface area contributed by atoms with Crippen LogP contribution in [0.3, 0.4) is 0 Å². The average molecular weight is 449 g/mol. The number of hydrogen-bond donors (Lipinski definition) is 3. The van der Waals surface area contributed by atoms with E-state index < -0.39 is 0 Å². The number of hydrogen-bond acceptors (Lipinski definition) is 5. The molecule has 4 aliphatic rings. The zero-order valence-electron chi connectivity index (χ0n) is 18.1. The van der Waals surface area contributed by atoms with Gasteiger partial charge in [0.2, 0.25) is 0 Å². The quantitative estimate of drug-likeness (QED) is 0.488. The minimum atomic E-state index is -0.0476. The van der Waals surface area contributed by atoms with Crippen LogP contribution in [0.1, 0.15) is 38.5 Å². The first-order valence-electron chi connectivity index (χ1n) is 11.3. The molecule has 0 aliphatic heterocycles. The largest absolute Gasteiger partial charge is 0.503 e. The summed E-state index contributed by atoms with van der Waals surface area (Å²) in [6.07, 6.45) is 8.81. The van der Waals surface area contributed by atoms with Crippen molar-refractivity contribution in [3.05, 3.63) is 47.6 Å². The molecule has 4 bridgehead atoms. The highest BCUT2D eigenvalue weighted by Crippen LogP contribution is 2.57. The van der Waals surface area contributed by atoms with Gasteiger partial charge in [-0.1, -0.05) is 17.7 Å². The van der Waals surface area contributed by atoms with E-state index in [0.717, 1.165) is 46.0 Å². The Hall–Kier alpha value is -2.50. The summed E-state index contributed by atoms with van der Waals surface area (Å²) in [5.41, 5.74) is 10.6. The summed E-state index contributed by atoms with van der Waals surface area (Å²) in [5.74, 6) is 1.76. The zero-order valence-corrected chi connectivity index (χ0v) is 18.9. The van der Waals surface area contributed by atoms with Gasteiger partial charge in [0.1, 0.15) is 0 Å². The number of aromatic hydroxyl groups is 1. The molecule has 2 aromatic carbocycles. The molecular formula is C26H27ClN3O2. The number of nitrogens with zero attached hydrogens (tertiary/aromatic N) is 1. The molecule has 0 amide bonds. The van der Waals surface area contributed by atoms with Crippen LogP contribution in [0.4, 0.5) is 5.69 Å². The molecule has 4 fully saturated rings. The number of rotatable bonds is 4. The van der Waals surface area contributed by atoms with Gasteiger partial charge < -0.3 is 20.9 Å². The molecule has 2 atom stereocenters. The van der Waals surface area contributed by atoms with Crippen LogP contribution >= 0.6 is 11.6 Å². The molecule has 165 valence electrons. The molecule has 1 aromatic heterocycles. The first kappa shape index (κ1) is 20.1. The maximum absolute atomic E-state index is 10.1. The van der Waals surface area contributed by atoms with Gasteiger partial charge >= 0.3 is 0 Å². The number of phenolic OH excluding ortho intramolecular Hbond substituents is 1. The average Bonchev–Trinajstić information content (AvgIpc) is 2.73. The van der Waals surface area contributed by atoms with E-state index in [4.69, 9.17) is 22.1 Å². The summed E-state index contributed by atoms with van der Waals surface area (Å²) in [5, 5.41) is 15.3. The minimum absolute atomic E-state index is 0.0234. The monoisotopic (exact) mass is 448 g/mol. The standard InChI is InChI=1S/C26H27ClN3O2/c1-32-23-9-18(8-20(27)24(23)31)17-2-3-21-19(7-17)22(4-5-29-21)30-26-12-15-6-16(13-26)11-25(28,10-15)14-26/h2-3,5,7-9,15-16,31H,6,10-14,28H2,1H3,(H,29,30). The number of fused-ring (bicyclic) bond motifs is 1. The van der Waals surface area contributed by atoms with Crippen LogP contribution in [0.15, 0.2) is 36.5 Å². The van der Waals surface area contributed by atoms with Crippen LogP contribution < -0.4 is 15.8 Å². The fourth-order valence-electron chi connectivity index (χ4n) is 7.02. The van der Waals surface area contributed by atoms with Crippen molar-refractivity contribution in [2.24, 2.45) is 17.6 Å². The second-order valence-electron chi connectivity index (χ2n) is 10.2. The van der Waals surface area contributed by atoms with Crippen molar-refractivity contribution in [2.75, 3.05) is 12.4 Å². The number of ether oxygens (including phenoxy) is 1. The topological polar surface area (TPSA) is 80.4 Å². The third kappa shape index (κ3) is 3.22. The van der Waals surface area contributed by atoms with Crippen LogP contribution in [-0.2, 0) is 0 Å². The molecule has 0 spiro atoms. The molecular weight excluding hydrogens is 422 g/mol. The van der Waals surface area contributed by atoms with Crippen LogP contribution in [-0.4, -0.2) is 28.3 Å². The van der Waals surface area contributed by atoms with E-state index in [1.54, 1.807) is 18.3 Å². The Morgan fingerprint density at radius 1 is 1.16 bits per heavy atom. The number of anilines is 1. The van der Waals surface area contributed by atoms with Crippen molar-refractivity contribution in [3.8, 4) is 22.6 Å². The molecule has 32 heavy (non-hydrogen) atoms. The van der Waals surface area contributed by atoms with E-state index in [0.29, 0.717) is 5.75 Å². The number of aromatic nitrogens is 1. The minimum Gasteiger partial charge on any atom is -0.503 e. The van der Waals surface area contributed by atoms with Gasteiger partial charge in [-0.05, 0) is 85.8 Å². The first-order chi connectivity index (χ1) is 15.4. The van der Waals surface area contributed by atoms with Crippen molar-refractivity contribution >= 4 is 28.2 Å². The number of methoxy groups -OCH3 is 1. The Balaban J connectivity index is 1.41. The summed E-state index contributed by atoms with van der Waals surface area (Å²) < 4.78 is 5.29. The van der Waals surface area contributed by atoms with Crippen LogP contribution in [0.25, 0.3) is 22.0 Å². The van der Waals surface area contributed by atoms with Gasteiger partial charge in [0.15, 0.2) is 11.5 Å². The molecule has 4 aliphatic carbocycles. The van der Waals surface area contributed by atoms with E-state index >= 15 is 0 Å².